The van der Waals surface area contributed by atoms with Gasteiger partial charge in [0.2, 0.25) is 0 Å². The van der Waals surface area contributed by atoms with Crippen LogP contribution in [-0.2, 0) is 11.3 Å². The smallest absolute Gasteiger partial charge is 0.124 e. The minimum absolute atomic E-state index is 0.349. The van der Waals surface area contributed by atoms with E-state index in [1.54, 1.807) is 14.2 Å². The number of benzene rings is 2. The Morgan fingerprint density at radius 2 is 1.64 bits per heavy atom. The van der Waals surface area contributed by atoms with E-state index in [9.17, 15) is 5.11 Å². The molecule has 4 nitrogen and oxygen atoms in total. The molecule has 0 amide bonds. The summed E-state index contributed by atoms with van der Waals surface area (Å²) in [5.74, 6) is 1.47. The zero-order valence-electron chi connectivity index (χ0n) is 13.2. The van der Waals surface area contributed by atoms with E-state index in [1.165, 1.54) is 0 Å². The summed E-state index contributed by atoms with van der Waals surface area (Å²) >= 11 is 0. The van der Waals surface area contributed by atoms with Crippen molar-refractivity contribution in [2.45, 2.75) is 25.7 Å². The molecular formula is C18H22O4. The maximum atomic E-state index is 10.4. The second-order valence-electron chi connectivity index (χ2n) is 5.05. The molecule has 0 saturated heterocycles. The molecule has 0 heterocycles. The minimum atomic E-state index is -0.741. The van der Waals surface area contributed by atoms with E-state index in [4.69, 9.17) is 14.2 Å². The fourth-order valence-electron chi connectivity index (χ4n) is 2.20. The van der Waals surface area contributed by atoms with E-state index in [0.717, 1.165) is 16.9 Å². The molecule has 2 atom stereocenters. The molecule has 0 aromatic heterocycles. The van der Waals surface area contributed by atoms with E-state index in [2.05, 4.69) is 0 Å². The Kier molecular flexibility index (Phi) is 5.81. The standard InChI is InChI=1S/C18H22O4/c1-13(18(19)16-6-4-5-7-17(16)21-3)22-12-14-8-10-15(20-2)11-9-14/h4-11,13,18-19H,12H2,1-3H3/t13-,18-/m0/s1. The third-order valence-electron chi connectivity index (χ3n) is 3.57. The Morgan fingerprint density at radius 1 is 0.955 bits per heavy atom. The lowest BCUT2D eigenvalue weighted by Gasteiger charge is -2.21. The van der Waals surface area contributed by atoms with Crippen LogP contribution < -0.4 is 9.47 Å². The lowest BCUT2D eigenvalue weighted by atomic mass is 10.0. The normalized spacial score (nSPS) is 13.5. The van der Waals surface area contributed by atoms with E-state index in [0.29, 0.717) is 12.4 Å². The van der Waals surface area contributed by atoms with Crippen LogP contribution in [0.15, 0.2) is 48.5 Å². The molecule has 0 unspecified atom stereocenters. The molecule has 0 spiro atoms. The van der Waals surface area contributed by atoms with Gasteiger partial charge in [-0.05, 0) is 30.7 Å². The number of para-hydroxylation sites is 1. The van der Waals surface area contributed by atoms with E-state index >= 15 is 0 Å². The molecular weight excluding hydrogens is 280 g/mol. The molecule has 0 radical (unpaired) electrons. The molecule has 1 N–H and O–H groups in total. The van der Waals surface area contributed by atoms with Gasteiger partial charge in [0.1, 0.15) is 17.6 Å². The van der Waals surface area contributed by atoms with Gasteiger partial charge in [-0.15, -0.1) is 0 Å². The second-order valence-corrected chi connectivity index (χ2v) is 5.05. The molecule has 0 fully saturated rings. The van der Waals surface area contributed by atoms with Gasteiger partial charge in [-0.3, -0.25) is 0 Å². The lowest BCUT2D eigenvalue weighted by Crippen LogP contribution is -2.19. The maximum absolute atomic E-state index is 10.4. The van der Waals surface area contributed by atoms with Gasteiger partial charge in [-0.1, -0.05) is 30.3 Å². The number of rotatable bonds is 7. The summed E-state index contributed by atoms with van der Waals surface area (Å²) in [7, 11) is 3.23. The average Bonchev–Trinajstić information content (AvgIpc) is 2.59. The zero-order chi connectivity index (χ0) is 15.9. The van der Waals surface area contributed by atoms with Crippen molar-refractivity contribution in [3.05, 3.63) is 59.7 Å². The summed E-state index contributed by atoms with van der Waals surface area (Å²) in [6.45, 7) is 2.28. The largest absolute Gasteiger partial charge is 0.497 e. The first kappa shape index (κ1) is 16.3. The summed E-state index contributed by atoms with van der Waals surface area (Å²) in [6, 6.07) is 15.1. The van der Waals surface area contributed by atoms with Crippen molar-refractivity contribution in [1.29, 1.82) is 0 Å². The van der Waals surface area contributed by atoms with Crippen molar-refractivity contribution in [3.8, 4) is 11.5 Å². The van der Waals surface area contributed by atoms with Crippen LogP contribution in [0.25, 0.3) is 0 Å². The fourth-order valence-corrected chi connectivity index (χ4v) is 2.20. The second kappa shape index (κ2) is 7.82. The average molecular weight is 302 g/mol. The Labute approximate surface area is 131 Å². The highest BCUT2D eigenvalue weighted by Gasteiger charge is 2.20. The third-order valence-corrected chi connectivity index (χ3v) is 3.57. The van der Waals surface area contributed by atoms with Crippen LogP contribution in [0, 0.1) is 0 Å². The molecule has 0 aliphatic heterocycles. The number of methoxy groups -OCH3 is 2. The quantitative estimate of drug-likeness (QED) is 0.852. The number of ether oxygens (including phenoxy) is 3. The summed E-state index contributed by atoms with van der Waals surface area (Å²) in [5, 5.41) is 10.4. The molecule has 0 bridgehead atoms. The van der Waals surface area contributed by atoms with Gasteiger partial charge in [0.05, 0.1) is 26.9 Å². The predicted molar refractivity (Wildman–Crippen MR) is 85.2 cm³/mol. The van der Waals surface area contributed by atoms with E-state index in [-0.39, 0.29) is 6.10 Å². The number of hydrogen-bond acceptors (Lipinski definition) is 4. The summed E-state index contributed by atoms with van der Waals surface area (Å²) < 4.78 is 16.2. The summed E-state index contributed by atoms with van der Waals surface area (Å²) in [6.07, 6.45) is -1.09. The number of aliphatic hydroxyl groups is 1. The molecule has 0 aliphatic rings. The molecule has 2 aromatic rings. The van der Waals surface area contributed by atoms with E-state index in [1.807, 2.05) is 55.5 Å². The first-order chi connectivity index (χ1) is 10.7. The summed E-state index contributed by atoms with van der Waals surface area (Å²) in [5.41, 5.74) is 1.76. The third kappa shape index (κ3) is 4.00. The first-order valence-electron chi connectivity index (χ1n) is 7.21. The topological polar surface area (TPSA) is 47.9 Å². The van der Waals surface area contributed by atoms with Gasteiger partial charge < -0.3 is 19.3 Å². The van der Waals surface area contributed by atoms with Gasteiger partial charge in [0, 0.05) is 5.56 Å². The van der Waals surface area contributed by atoms with Crippen molar-refractivity contribution in [2.24, 2.45) is 0 Å². The zero-order valence-corrected chi connectivity index (χ0v) is 13.2. The van der Waals surface area contributed by atoms with Crippen molar-refractivity contribution >= 4 is 0 Å². The van der Waals surface area contributed by atoms with Crippen molar-refractivity contribution in [3.63, 3.8) is 0 Å². The monoisotopic (exact) mass is 302 g/mol. The van der Waals surface area contributed by atoms with Crippen LogP contribution in [-0.4, -0.2) is 25.4 Å². The minimum Gasteiger partial charge on any atom is -0.497 e. The van der Waals surface area contributed by atoms with E-state index < -0.39 is 6.10 Å². The predicted octanol–water partition coefficient (Wildman–Crippen LogP) is 3.34. The summed E-state index contributed by atoms with van der Waals surface area (Å²) in [4.78, 5) is 0. The maximum Gasteiger partial charge on any atom is 0.124 e. The van der Waals surface area contributed by atoms with Crippen LogP contribution in [0.1, 0.15) is 24.2 Å². The Bertz CT molecular complexity index is 580. The highest BCUT2D eigenvalue weighted by atomic mass is 16.5. The van der Waals surface area contributed by atoms with Gasteiger partial charge in [-0.25, -0.2) is 0 Å². The highest BCUT2D eigenvalue weighted by molar-refractivity contribution is 5.35. The number of hydrogen-bond donors (Lipinski definition) is 1. The number of aliphatic hydroxyl groups excluding tert-OH is 1. The van der Waals surface area contributed by atoms with Crippen LogP contribution in [0.4, 0.5) is 0 Å². The molecule has 0 aliphatic carbocycles. The van der Waals surface area contributed by atoms with Gasteiger partial charge in [0.25, 0.3) is 0 Å². The van der Waals surface area contributed by atoms with Crippen LogP contribution in [0.2, 0.25) is 0 Å². The van der Waals surface area contributed by atoms with Gasteiger partial charge in [-0.2, -0.15) is 0 Å². The van der Waals surface area contributed by atoms with Gasteiger partial charge >= 0.3 is 0 Å². The van der Waals surface area contributed by atoms with Crippen LogP contribution >= 0.6 is 0 Å². The molecule has 2 rings (SSSR count). The SMILES string of the molecule is COc1ccc(CO[C@@H](C)[C@H](O)c2ccccc2OC)cc1. The van der Waals surface area contributed by atoms with Crippen molar-refractivity contribution < 1.29 is 19.3 Å². The van der Waals surface area contributed by atoms with Crippen molar-refractivity contribution in [2.75, 3.05) is 14.2 Å². The Hall–Kier alpha value is -2.04. The first-order valence-corrected chi connectivity index (χ1v) is 7.21. The molecule has 22 heavy (non-hydrogen) atoms. The Morgan fingerprint density at radius 3 is 2.27 bits per heavy atom. The molecule has 0 saturated carbocycles. The molecule has 118 valence electrons. The molecule has 2 aromatic carbocycles. The van der Waals surface area contributed by atoms with Crippen molar-refractivity contribution in [1.82, 2.24) is 0 Å². The Balaban J connectivity index is 1.97. The lowest BCUT2D eigenvalue weighted by molar-refractivity contribution is -0.0372. The van der Waals surface area contributed by atoms with Crippen LogP contribution in [0.5, 0.6) is 11.5 Å². The van der Waals surface area contributed by atoms with Gasteiger partial charge in [0.15, 0.2) is 0 Å². The fraction of sp³-hybridized carbons (Fsp3) is 0.333. The molecule has 4 heteroatoms. The highest BCUT2D eigenvalue weighted by Crippen LogP contribution is 2.28. The van der Waals surface area contributed by atoms with Crippen LogP contribution in [0.3, 0.4) is 0 Å².